The van der Waals surface area contributed by atoms with Crippen LogP contribution in [-0.2, 0) is 20.7 Å². The molecule has 5 nitrogen and oxygen atoms in total. The fraction of sp³-hybridized carbons (Fsp3) is 0.308. The van der Waals surface area contributed by atoms with Crippen LogP contribution < -0.4 is 10.2 Å². The van der Waals surface area contributed by atoms with Gasteiger partial charge in [-0.1, -0.05) is 60.2 Å². The number of ether oxygens (including phenoxy) is 1. The van der Waals surface area contributed by atoms with E-state index in [1.807, 2.05) is 61.5 Å². The topological polar surface area (TPSA) is 58.6 Å². The van der Waals surface area contributed by atoms with E-state index in [0.29, 0.717) is 18.7 Å². The number of esters is 1. The highest BCUT2D eigenvalue weighted by Crippen LogP contribution is 2.30. The van der Waals surface area contributed by atoms with Gasteiger partial charge in [0.15, 0.2) is 0 Å². The lowest BCUT2D eigenvalue weighted by atomic mass is 9.98. The first-order valence-electron chi connectivity index (χ1n) is 11.1. The Bertz CT molecular complexity index is 1220. The number of alkyl halides is 3. The quantitative estimate of drug-likeness (QED) is 0.411. The van der Waals surface area contributed by atoms with Crippen LogP contribution in [0.5, 0.6) is 0 Å². The molecule has 1 N–H and O–H groups in total. The second kappa shape index (κ2) is 9.46. The summed E-state index contributed by atoms with van der Waals surface area (Å²) in [6.45, 7) is 3.97. The van der Waals surface area contributed by atoms with E-state index in [9.17, 15) is 22.8 Å². The number of nitrogens with zero attached hydrogens (tertiary/aromatic N) is 1. The number of benzene rings is 3. The van der Waals surface area contributed by atoms with E-state index in [4.69, 9.17) is 4.74 Å². The van der Waals surface area contributed by atoms with Gasteiger partial charge in [0.25, 0.3) is 5.91 Å². The van der Waals surface area contributed by atoms with Gasteiger partial charge in [-0.3, -0.25) is 10.1 Å². The van der Waals surface area contributed by atoms with E-state index < -0.39 is 30.3 Å². The molecule has 0 saturated heterocycles. The van der Waals surface area contributed by atoms with Gasteiger partial charge in [-0.2, -0.15) is 13.2 Å². The van der Waals surface area contributed by atoms with E-state index in [1.165, 1.54) is 4.90 Å². The molecule has 0 radical (unpaired) electrons. The Morgan fingerprint density at radius 1 is 1.06 bits per heavy atom. The van der Waals surface area contributed by atoms with Crippen molar-refractivity contribution < 1.29 is 27.5 Å². The molecule has 178 valence electrons. The van der Waals surface area contributed by atoms with E-state index in [2.05, 4.69) is 5.32 Å². The third-order valence-corrected chi connectivity index (χ3v) is 5.99. The summed E-state index contributed by atoms with van der Waals surface area (Å²) in [4.78, 5) is 26.6. The molecule has 0 fully saturated rings. The molecule has 3 aromatic rings. The number of hydrogen-bond acceptors (Lipinski definition) is 4. The van der Waals surface area contributed by atoms with Crippen molar-refractivity contribution in [2.45, 2.75) is 45.1 Å². The van der Waals surface area contributed by atoms with Gasteiger partial charge >= 0.3 is 12.1 Å². The molecular weight excluding hydrogens is 445 g/mol. The van der Waals surface area contributed by atoms with Crippen LogP contribution in [0.2, 0.25) is 0 Å². The van der Waals surface area contributed by atoms with Gasteiger partial charge in [-0.05, 0) is 54.7 Å². The summed E-state index contributed by atoms with van der Waals surface area (Å²) in [7, 11) is 0. The summed E-state index contributed by atoms with van der Waals surface area (Å²) in [6.07, 6.45) is -5.62. The molecule has 0 aromatic heterocycles. The first kappa shape index (κ1) is 23.8. The zero-order valence-corrected chi connectivity index (χ0v) is 18.9. The molecule has 3 aromatic carbocycles. The minimum absolute atomic E-state index is 0.319. The van der Waals surface area contributed by atoms with Crippen LogP contribution in [-0.4, -0.2) is 30.8 Å². The molecule has 1 aliphatic rings. The molecule has 1 heterocycles. The molecule has 2 unspecified atom stereocenters. The van der Waals surface area contributed by atoms with E-state index in [0.717, 1.165) is 33.9 Å². The zero-order chi connectivity index (χ0) is 24.5. The fourth-order valence-electron chi connectivity index (χ4n) is 4.37. The number of nitrogens with one attached hydrogen (secondary N) is 1. The van der Waals surface area contributed by atoms with Crippen molar-refractivity contribution in [3.63, 3.8) is 0 Å². The summed E-state index contributed by atoms with van der Waals surface area (Å²) >= 11 is 0. The Balaban J connectivity index is 1.66. The Kier molecular flexibility index (Phi) is 6.61. The Morgan fingerprint density at radius 2 is 1.79 bits per heavy atom. The summed E-state index contributed by atoms with van der Waals surface area (Å²) in [5, 5.41) is 4.67. The highest BCUT2D eigenvalue weighted by Gasteiger charge is 2.44. The standard InChI is InChI=1S/C26H25F3N2O3/c1-16-12-13-22-19(15-16)9-6-14-31(22)24(32)23(34-25(33)26(27,28)29)30-17(2)20-11-5-8-18-7-3-4-10-21(18)20/h3-5,7-8,10-13,15,17,23,30H,6,9,14H2,1-2H3. The zero-order valence-electron chi connectivity index (χ0n) is 18.9. The smallest absolute Gasteiger partial charge is 0.430 e. The number of rotatable bonds is 5. The number of hydrogen-bond donors (Lipinski definition) is 1. The predicted molar refractivity (Wildman–Crippen MR) is 123 cm³/mol. The highest BCUT2D eigenvalue weighted by molar-refractivity contribution is 5.98. The van der Waals surface area contributed by atoms with Gasteiger partial charge in [0.2, 0.25) is 6.23 Å². The molecule has 0 aliphatic carbocycles. The van der Waals surface area contributed by atoms with Crippen LogP contribution in [0.4, 0.5) is 18.9 Å². The van der Waals surface area contributed by atoms with Crippen molar-refractivity contribution >= 4 is 28.3 Å². The van der Waals surface area contributed by atoms with Crippen LogP contribution in [0.3, 0.4) is 0 Å². The first-order chi connectivity index (χ1) is 16.1. The Hall–Kier alpha value is -3.39. The van der Waals surface area contributed by atoms with Crippen LogP contribution >= 0.6 is 0 Å². The number of amides is 1. The number of halogens is 3. The number of fused-ring (bicyclic) bond motifs is 2. The van der Waals surface area contributed by atoms with Crippen molar-refractivity contribution in [1.29, 1.82) is 0 Å². The first-order valence-corrected chi connectivity index (χ1v) is 11.1. The third kappa shape index (κ3) is 4.92. The van der Waals surface area contributed by atoms with Crippen molar-refractivity contribution in [2.75, 3.05) is 11.4 Å². The number of aryl methyl sites for hydroxylation is 2. The Morgan fingerprint density at radius 3 is 2.56 bits per heavy atom. The van der Waals surface area contributed by atoms with E-state index in [-0.39, 0.29) is 0 Å². The average Bonchev–Trinajstić information content (AvgIpc) is 2.81. The lowest BCUT2D eigenvalue weighted by molar-refractivity contribution is -0.206. The number of anilines is 1. The molecule has 1 aliphatic heterocycles. The minimum atomic E-state index is -5.22. The Labute approximate surface area is 195 Å². The van der Waals surface area contributed by atoms with E-state index >= 15 is 0 Å². The van der Waals surface area contributed by atoms with Crippen molar-refractivity contribution in [3.05, 3.63) is 77.4 Å². The normalized spacial score (nSPS) is 15.5. The lowest BCUT2D eigenvalue weighted by Crippen LogP contribution is -2.52. The molecule has 1 amide bonds. The summed E-state index contributed by atoms with van der Waals surface area (Å²) in [5.74, 6) is -3.15. The SMILES string of the molecule is Cc1ccc2c(c1)CCCN2C(=O)C(NC(C)c1cccc2ccccc12)OC(=O)C(F)(F)F. The van der Waals surface area contributed by atoms with Crippen molar-refractivity contribution in [2.24, 2.45) is 0 Å². The van der Waals surface area contributed by atoms with Crippen molar-refractivity contribution in [3.8, 4) is 0 Å². The molecule has 0 spiro atoms. The van der Waals surface area contributed by atoms with Gasteiger partial charge in [0.05, 0.1) is 0 Å². The summed E-state index contributed by atoms with van der Waals surface area (Å²) in [5.41, 5.74) is 3.35. The molecule has 34 heavy (non-hydrogen) atoms. The second-order valence-corrected chi connectivity index (χ2v) is 8.47. The highest BCUT2D eigenvalue weighted by atomic mass is 19.4. The minimum Gasteiger partial charge on any atom is -0.430 e. The van der Waals surface area contributed by atoms with Gasteiger partial charge in [0, 0.05) is 18.3 Å². The second-order valence-electron chi connectivity index (χ2n) is 8.47. The molecule has 0 bridgehead atoms. The lowest BCUT2D eigenvalue weighted by Gasteiger charge is -2.33. The van der Waals surface area contributed by atoms with E-state index in [1.54, 1.807) is 13.0 Å². The van der Waals surface area contributed by atoms with Gasteiger partial charge in [-0.15, -0.1) is 0 Å². The van der Waals surface area contributed by atoms with Crippen LogP contribution in [0.25, 0.3) is 10.8 Å². The van der Waals surface area contributed by atoms with Crippen LogP contribution in [0, 0.1) is 6.92 Å². The third-order valence-electron chi connectivity index (χ3n) is 5.99. The monoisotopic (exact) mass is 470 g/mol. The van der Waals surface area contributed by atoms with Gasteiger partial charge in [0.1, 0.15) is 0 Å². The molecule has 0 saturated carbocycles. The number of carbonyl (C=O) groups is 2. The van der Waals surface area contributed by atoms with Gasteiger partial charge < -0.3 is 9.64 Å². The van der Waals surface area contributed by atoms with Crippen LogP contribution in [0.15, 0.2) is 60.7 Å². The summed E-state index contributed by atoms with van der Waals surface area (Å²) in [6, 6.07) is 18.1. The maximum atomic E-state index is 13.5. The molecule has 4 rings (SSSR count). The largest absolute Gasteiger partial charge is 0.490 e. The van der Waals surface area contributed by atoms with Crippen LogP contribution in [0.1, 0.15) is 36.1 Å². The molecule has 2 atom stereocenters. The maximum absolute atomic E-state index is 13.5. The van der Waals surface area contributed by atoms with Gasteiger partial charge in [-0.25, -0.2) is 4.79 Å². The maximum Gasteiger partial charge on any atom is 0.490 e. The predicted octanol–water partition coefficient (Wildman–Crippen LogP) is 5.21. The molecule has 8 heteroatoms. The average molecular weight is 470 g/mol. The summed E-state index contributed by atoms with van der Waals surface area (Å²) < 4.78 is 43.8. The number of carbonyl (C=O) groups excluding carboxylic acids is 2. The van der Waals surface area contributed by atoms with Crippen molar-refractivity contribution in [1.82, 2.24) is 5.32 Å². The molecular formula is C26H25F3N2O3. The fourth-order valence-corrected chi connectivity index (χ4v) is 4.37.